The SMILES string of the molecule is Cc1cccc(N(C(N)=O)C(C)(C)c2ccccc2)c1. The van der Waals surface area contributed by atoms with Gasteiger partial charge in [0.1, 0.15) is 0 Å². The Hall–Kier alpha value is -2.29. The molecule has 0 aliphatic heterocycles. The lowest BCUT2D eigenvalue weighted by Crippen LogP contribution is -2.48. The summed E-state index contributed by atoms with van der Waals surface area (Å²) in [5.74, 6) is 0. The van der Waals surface area contributed by atoms with Gasteiger partial charge in [-0.3, -0.25) is 4.90 Å². The van der Waals surface area contributed by atoms with Crippen molar-refractivity contribution in [2.75, 3.05) is 4.90 Å². The van der Waals surface area contributed by atoms with Crippen molar-refractivity contribution in [2.45, 2.75) is 26.3 Å². The van der Waals surface area contributed by atoms with Gasteiger partial charge >= 0.3 is 6.03 Å². The van der Waals surface area contributed by atoms with E-state index in [0.29, 0.717) is 0 Å². The number of anilines is 1. The molecule has 0 unspecified atom stereocenters. The second-order valence-corrected chi connectivity index (χ2v) is 5.44. The fraction of sp³-hybridized carbons (Fsp3) is 0.235. The molecule has 2 amide bonds. The van der Waals surface area contributed by atoms with Crippen LogP contribution in [0, 0.1) is 6.92 Å². The number of benzene rings is 2. The second-order valence-electron chi connectivity index (χ2n) is 5.44. The lowest BCUT2D eigenvalue weighted by Gasteiger charge is -2.38. The van der Waals surface area contributed by atoms with E-state index in [1.165, 1.54) is 0 Å². The van der Waals surface area contributed by atoms with Crippen LogP contribution in [0.25, 0.3) is 0 Å². The Balaban J connectivity index is 2.51. The summed E-state index contributed by atoms with van der Waals surface area (Å²) in [7, 11) is 0. The molecule has 0 fully saturated rings. The summed E-state index contributed by atoms with van der Waals surface area (Å²) in [6.45, 7) is 5.99. The molecule has 0 saturated heterocycles. The molecule has 0 spiro atoms. The fourth-order valence-electron chi connectivity index (χ4n) is 2.47. The molecule has 0 aliphatic rings. The van der Waals surface area contributed by atoms with Crippen molar-refractivity contribution < 1.29 is 4.79 Å². The molecule has 2 rings (SSSR count). The molecular formula is C17H20N2O. The van der Waals surface area contributed by atoms with Crippen molar-refractivity contribution in [3.63, 3.8) is 0 Å². The monoisotopic (exact) mass is 268 g/mol. The van der Waals surface area contributed by atoms with Gasteiger partial charge in [-0.25, -0.2) is 4.79 Å². The highest BCUT2D eigenvalue weighted by Crippen LogP contribution is 2.32. The number of hydrogen-bond acceptors (Lipinski definition) is 1. The highest BCUT2D eigenvalue weighted by Gasteiger charge is 2.32. The average molecular weight is 268 g/mol. The van der Waals surface area contributed by atoms with Crippen molar-refractivity contribution in [3.05, 3.63) is 65.7 Å². The summed E-state index contributed by atoms with van der Waals surface area (Å²) in [5.41, 5.74) is 8.06. The molecule has 0 heterocycles. The quantitative estimate of drug-likeness (QED) is 0.903. The predicted molar refractivity (Wildman–Crippen MR) is 82.7 cm³/mol. The number of nitrogens with zero attached hydrogens (tertiary/aromatic N) is 1. The number of primary amides is 1. The fourth-order valence-corrected chi connectivity index (χ4v) is 2.47. The van der Waals surface area contributed by atoms with Crippen LogP contribution in [0.2, 0.25) is 0 Å². The van der Waals surface area contributed by atoms with E-state index >= 15 is 0 Å². The Kier molecular flexibility index (Phi) is 3.79. The van der Waals surface area contributed by atoms with Crippen LogP contribution in [-0.2, 0) is 5.54 Å². The number of aryl methyl sites for hydroxylation is 1. The normalized spacial score (nSPS) is 11.2. The Labute approximate surface area is 120 Å². The molecule has 20 heavy (non-hydrogen) atoms. The van der Waals surface area contributed by atoms with E-state index in [9.17, 15) is 4.79 Å². The minimum Gasteiger partial charge on any atom is -0.351 e. The highest BCUT2D eigenvalue weighted by molar-refractivity contribution is 5.92. The van der Waals surface area contributed by atoms with E-state index < -0.39 is 11.6 Å². The molecule has 0 bridgehead atoms. The topological polar surface area (TPSA) is 46.3 Å². The number of carbonyl (C=O) groups is 1. The molecule has 0 atom stereocenters. The number of urea groups is 1. The molecule has 3 nitrogen and oxygen atoms in total. The molecule has 2 N–H and O–H groups in total. The standard InChI is InChI=1S/C17H20N2O/c1-13-8-7-11-15(12-13)19(16(18)20)17(2,3)14-9-5-4-6-10-14/h4-12H,1-3H3,(H2,18,20). The number of amides is 2. The maximum absolute atomic E-state index is 12.0. The van der Waals surface area contributed by atoms with E-state index in [0.717, 1.165) is 16.8 Å². The van der Waals surface area contributed by atoms with Crippen LogP contribution in [0.1, 0.15) is 25.0 Å². The summed E-state index contributed by atoms with van der Waals surface area (Å²) >= 11 is 0. The number of hydrogen-bond donors (Lipinski definition) is 1. The van der Waals surface area contributed by atoms with Gasteiger partial charge in [-0.1, -0.05) is 42.5 Å². The van der Waals surface area contributed by atoms with Crippen LogP contribution >= 0.6 is 0 Å². The maximum atomic E-state index is 12.0. The molecule has 2 aromatic carbocycles. The summed E-state index contributed by atoms with van der Waals surface area (Å²) in [5, 5.41) is 0. The molecule has 2 aromatic rings. The number of nitrogens with two attached hydrogens (primary N) is 1. The van der Waals surface area contributed by atoms with Gasteiger partial charge in [0.25, 0.3) is 0 Å². The first-order valence-corrected chi connectivity index (χ1v) is 6.65. The Morgan fingerprint density at radius 2 is 1.70 bits per heavy atom. The van der Waals surface area contributed by atoms with Gasteiger partial charge in [-0.15, -0.1) is 0 Å². The van der Waals surface area contributed by atoms with Crippen molar-refractivity contribution in [1.29, 1.82) is 0 Å². The zero-order chi connectivity index (χ0) is 14.8. The maximum Gasteiger partial charge on any atom is 0.320 e. The smallest absolute Gasteiger partial charge is 0.320 e. The number of rotatable bonds is 3. The van der Waals surface area contributed by atoms with Crippen LogP contribution in [0.3, 0.4) is 0 Å². The zero-order valence-corrected chi connectivity index (χ0v) is 12.1. The Bertz CT molecular complexity index is 605. The Morgan fingerprint density at radius 3 is 2.25 bits per heavy atom. The minimum absolute atomic E-state index is 0.454. The first kappa shape index (κ1) is 14.1. The molecule has 0 saturated carbocycles. The summed E-state index contributed by atoms with van der Waals surface area (Å²) in [6.07, 6.45) is 0. The zero-order valence-electron chi connectivity index (χ0n) is 12.1. The summed E-state index contributed by atoms with van der Waals surface area (Å²) in [4.78, 5) is 13.6. The first-order valence-electron chi connectivity index (χ1n) is 6.65. The minimum atomic E-state index is -0.513. The van der Waals surface area contributed by atoms with Crippen LogP contribution in [0.5, 0.6) is 0 Å². The van der Waals surface area contributed by atoms with E-state index in [4.69, 9.17) is 5.73 Å². The first-order chi connectivity index (χ1) is 9.43. The average Bonchev–Trinajstić information content (AvgIpc) is 2.39. The third-order valence-corrected chi connectivity index (χ3v) is 3.52. The van der Waals surface area contributed by atoms with Gasteiger partial charge in [0.15, 0.2) is 0 Å². The molecule has 0 aromatic heterocycles. The summed E-state index contributed by atoms with van der Waals surface area (Å²) in [6, 6.07) is 17.2. The van der Waals surface area contributed by atoms with Crippen LogP contribution in [-0.4, -0.2) is 6.03 Å². The Morgan fingerprint density at radius 1 is 1.05 bits per heavy atom. The lowest BCUT2D eigenvalue weighted by molar-refractivity contribution is 0.248. The third kappa shape index (κ3) is 2.67. The van der Waals surface area contributed by atoms with Crippen molar-refractivity contribution in [1.82, 2.24) is 0 Å². The number of carbonyl (C=O) groups excluding carboxylic acids is 1. The van der Waals surface area contributed by atoms with Crippen molar-refractivity contribution in [2.24, 2.45) is 5.73 Å². The van der Waals surface area contributed by atoms with Crippen molar-refractivity contribution in [3.8, 4) is 0 Å². The molecule has 0 aliphatic carbocycles. The van der Waals surface area contributed by atoms with E-state index in [2.05, 4.69) is 0 Å². The summed E-state index contributed by atoms with van der Waals surface area (Å²) < 4.78 is 0. The van der Waals surface area contributed by atoms with Gasteiger partial charge < -0.3 is 5.73 Å². The van der Waals surface area contributed by atoms with E-state index in [1.54, 1.807) is 4.90 Å². The molecule has 3 heteroatoms. The second kappa shape index (κ2) is 5.37. The van der Waals surface area contributed by atoms with E-state index in [-0.39, 0.29) is 0 Å². The largest absolute Gasteiger partial charge is 0.351 e. The van der Waals surface area contributed by atoms with Gasteiger partial charge in [0.05, 0.1) is 5.54 Å². The van der Waals surface area contributed by atoms with Gasteiger partial charge in [0, 0.05) is 5.69 Å². The highest BCUT2D eigenvalue weighted by atomic mass is 16.2. The third-order valence-electron chi connectivity index (χ3n) is 3.52. The van der Waals surface area contributed by atoms with Crippen LogP contribution in [0.4, 0.5) is 10.5 Å². The molecule has 104 valence electrons. The van der Waals surface area contributed by atoms with Crippen molar-refractivity contribution >= 4 is 11.7 Å². The molecule has 0 radical (unpaired) electrons. The van der Waals surface area contributed by atoms with Gasteiger partial charge in [0.2, 0.25) is 0 Å². The predicted octanol–water partition coefficient (Wildman–Crippen LogP) is 3.82. The van der Waals surface area contributed by atoms with Crippen LogP contribution < -0.4 is 10.6 Å². The van der Waals surface area contributed by atoms with Gasteiger partial charge in [-0.05, 0) is 44.0 Å². The van der Waals surface area contributed by atoms with Gasteiger partial charge in [-0.2, -0.15) is 0 Å². The van der Waals surface area contributed by atoms with E-state index in [1.807, 2.05) is 75.4 Å². The lowest BCUT2D eigenvalue weighted by atomic mass is 9.91. The molecular weight excluding hydrogens is 248 g/mol. The van der Waals surface area contributed by atoms with Crippen LogP contribution in [0.15, 0.2) is 54.6 Å².